The molecule has 4 aliphatic rings. The van der Waals surface area contributed by atoms with Crippen molar-refractivity contribution in [2.45, 2.75) is 43.4 Å². The third kappa shape index (κ3) is 2.40. The summed E-state index contributed by atoms with van der Waals surface area (Å²) >= 11 is 0. The molecule has 1 aromatic rings. The molecule has 28 heavy (non-hydrogen) atoms. The van der Waals surface area contributed by atoms with Crippen molar-refractivity contribution < 1.29 is 31.4 Å². The van der Waals surface area contributed by atoms with Crippen molar-refractivity contribution in [3.63, 3.8) is 0 Å². The van der Waals surface area contributed by atoms with Gasteiger partial charge in [-0.15, -0.1) is 0 Å². The van der Waals surface area contributed by atoms with E-state index >= 15 is 0 Å². The first-order chi connectivity index (χ1) is 13.2. The van der Waals surface area contributed by atoms with E-state index in [1.807, 2.05) is 12.1 Å². The van der Waals surface area contributed by atoms with Gasteiger partial charge in [0.15, 0.2) is 11.5 Å². The van der Waals surface area contributed by atoms with Crippen molar-refractivity contribution in [2.24, 2.45) is 5.92 Å². The van der Waals surface area contributed by atoms with Crippen LogP contribution < -0.4 is 9.47 Å². The van der Waals surface area contributed by atoms with E-state index in [9.17, 15) is 17.8 Å². The fraction of sp³-hybridized carbons (Fsp3) is 0.526. The van der Waals surface area contributed by atoms with Gasteiger partial charge in [-0.3, -0.25) is 9.35 Å². The second-order valence-corrected chi connectivity index (χ2v) is 9.05. The summed E-state index contributed by atoms with van der Waals surface area (Å²) in [4.78, 5) is 13.9. The SMILES string of the molecule is CC(=O)Oc1ccc2c3c1OC1C(OS(=O)(=O)O)C=CC4C(C2)N(C)CCC341. The Morgan fingerprint density at radius 3 is 2.86 bits per heavy atom. The first-order valence-corrected chi connectivity index (χ1v) is 10.6. The summed E-state index contributed by atoms with van der Waals surface area (Å²) in [7, 11) is -2.56. The lowest BCUT2D eigenvalue weighted by Crippen LogP contribution is -2.65. The molecule has 1 spiro atoms. The van der Waals surface area contributed by atoms with E-state index in [4.69, 9.17) is 13.7 Å². The molecule has 1 fully saturated rings. The number of rotatable bonds is 3. The van der Waals surface area contributed by atoms with Crippen LogP contribution in [0.1, 0.15) is 24.5 Å². The molecule has 8 nitrogen and oxygen atoms in total. The second kappa shape index (κ2) is 5.79. The van der Waals surface area contributed by atoms with E-state index in [0.29, 0.717) is 11.5 Å². The first kappa shape index (κ1) is 18.1. The number of likely N-dealkylation sites (tertiary alicyclic amines) is 1. The number of carbonyl (C=O) groups is 1. The van der Waals surface area contributed by atoms with E-state index in [1.165, 1.54) is 6.92 Å². The first-order valence-electron chi connectivity index (χ1n) is 9.26. The van der Waals surface area contributed by atoms with Crippen LogP contribution >= 0.6 is 0 Å². The molecule has 2 aliphatic heterocycles. The minimum absolute atomic E-state index is 0.110. The molecule has 0 aromatic heterocycles. The lowest BCUT2D eigenvalue weighted by molar-refractivity contribution is -0.132. The van der Waals surface area contributed by atoms with Gasteiger partial charge in [-0.2, -0.15) is 8.42 Å². The highest BCUT2D eigenvalue weighted by atomic mass is 32.3. The zero-order valence-electron chi connectivity index (χ0n) is 15.5. The zero-order chi connectivity index (χ0) is 19.8. The fourth-order valence-corrected chi connectivity index (χ4v) is 6.11. The lowest BCUT2D eigenvalue weighted by Gasteiger charge is -2.56. The predicted octanol–water partition coefficient (Wildman–Crippen LogP) is 1.24. The fourth-order valence-electron chi connectivity index (χ4n) is 5.67. The highest BCUT2D eigenvalue weighted by Gasteiger charge is 2.65. The van der Waals surface area contributed by atoms with Crippen molar-refractivity contribution in [2.75, 3.05) is 13.6 Å². The van der Waals surface area contributed by atoms with Gasteiger partial charge >= 0.3 is 16.4 Å². The summed E-state index contributed by atoms with van der Waals surface area (Å²) in [5.74, 6) is 0.471. The highest BCUT2D eigenvalue weighted by Crippen LogP contribution is 2.62. The van der Waals surface area contributed by atoms with Crippen LogP contribution in [0.15, 0.2) is 24.3 Å². The standard InChI is InChI=1S/C19H21NO7S/c1-10(21)25-14-5-3-11-9-13-12-4-6-15(27-28(22,23)24)18-19(12,7-8-20(13)2)16(11)17(14)26-18/h3-6,12-13,15,18H,7-9H2,1-2H3,(H,22,23,24). The number of nitrogens with zero attached hydrogens (tertiary/aromatic N) is 1. The highest BCUT2D eigenvalue weighted by molar-refractivity contribution is 7.80. The molecule has 5 atom stereocenters. The molecule has 150 valence electrons. The van der Waals surface area contributed by atoms with E-state index in [-0.39, 0.29) is 12.0 Å². The third-order valence-electron chi connectivity index (χ3n) is 6.60. The molecule has 2 aliphatic carbocycles. The number of carbonyl (C=O) groups excluding carboxylic acids is 1. The summed E-state index contributed by atoms with van der Waals surface area (Å²) in [6.07, 6.45) is 3.64. The van der Waals surface area contributed by atoms with Crippen molar-refractivity contribution in [1.29, 1.82) is 0 Å². The van der Waals surface area contributed by atoms with E-state index in [0.717, 1.165) is 30.5 Å². The maximum absolute atomic E-state index is 11.6. The van der Waals surface area contributed by atoms with Gasteiger partial charge in [0.05, 0.1) is 0 Å². The van der Waals surface area contributed by atoms with E-state index in [1.54, 1.807) is 12.1 Å². The van der Waals surface area contributed by atoms with Gasteiger partial charge in [-0.05, 0) is 38.1 Å². The van der Waals surface area contributed by atoms with Gasteiger partial charge in [0.2, 0.25) is 0 Å². The van der Waals surface area contributed by atoms with Crippen LogP contribution in [0, 0.1) is 5.92 Å². The maximum Gasteiger partial charge on any atom is 0.398 e. The Labute approximate surface area is 163 Å². The molecule has 1 N–H and O–H groups in total. The summed E-state index contributed by atoms with van der Waals surface area (Å²) < 4.78 is 48.7. The topological polar surface area (TPSA) is 102 Å². The monoisotopic (exact) mass is 407 g/mol. The summed E-state index contributed by atoms with van der Waals surface area (Å²) in [6.45, 7) is 2.15. The number of hydrogen-bond acceptors (Lipinski definition) is 7. The molecular weight excluding hydrogens is 386 g/mol. The molecule has 1 saturated heterocycles. The Kier molecular flexibility index (Phi) is 3.74. The number of ether oxygens (including phenoxy) is 2. The van der Waals surface area contributed by atoms with Crippen LogP contribution in [0.3, 0.4) is 0 Å². The number of esters is 1. The lowest BCUT2D eigenvalue weighted by atomic mass is 9.53. The molecular formula is C19H21NO7S. The Hall–Kier alpha value is -1.94. The molecule has 1 aromatic carbocycles. The van der Waals surface area contributed by atoms with Crippen LogP contribution in [0.4, 0.5) is 0 Å². The Balaban J connectivity index is 1.71. The van der Waals surface area contributed by atoms with Crippen LogP contribution in [-0.4, -0.2) is 55.7 Å². The summed E-state index contributed by atoms with van der Waals surface area (Å²) in [6, 6.07) is 3.94. The van der Waals surface area contributed by atoms with Crippen molar-refractivity contribution in [3.8, 4) is 11.5 Å². The van der Waals surface area contributed by atoms with Crippen LogP contribution in [-0.2, 0) is 31.2 Å². The quantitative estimate of drug-likeness (QED) is 0.346. The molecule has 0 amide bonds. The maximum atomic E-state index is 11.6. The summed E-state index contributed by atoms with van der Waals surface area (Å²) in [5.41, 5.74) is 1.61. The largest absolute Gasteiger partial charge is 0.482 e. The average molecular weight is 407 g/mol. The normalized spacial score (nSPS) is 35.2. The van der Waals surface area contributed by atoms with Gasteiger partial charge in [0.25, 0.3) is 0 Å². The Morgan fingerprint density at radius 2 is 2.14 bits per heavy atom. The third-order valence-corrected chi connectivity index (χ3v) is 7.07. The van der Waals surface area contributed by atoms with E-state index < -0.39 is 34.0 Å². The molecule has 0 saturated carbocycles. The number of hydrogen-bond donors (Lipinski definition) is 1. The van der Waals surface area contributed by atoms with Crippen LogP contribution in [0.2, 0.25) is 0 Å². The number of piperidine rings is 1. The molecule has 5 unspecified atom stereocenters. The summed E-state index contributed by atoms with van der Waals surface area (Å²) in [5, 5.41) is 0. The smallest absolute Gasteiger partial charge is 0.398 e. The van der Waals surface area contributed by atoms with E-state index in [2.05, 4.69) is 11.9 Å². The predicted molar refractivity (Wildman–Crippen MR) is 97.6 cm³/mol. The Morgan fingerprint density at radius 1 is 1.36 bits per heavy atom. The van der Waals surface area contributed by atoms with Crippen molar-refractivity contribution in [3.05, 3.63) is 35.4 Å². The van der Waals surface area contributed by atoms with Gasteiger partial charge in [-0.25, -0.2) is 4.18 Å². The van der Waals surface area contributed by atoms with Crippen LogP contribution in [0.25, 0.3) is 0 Å². The zero-order valence-corrected chi connectivity index (χ0v) is 16.3. The average Bonchev–Trinajstić information content (AvgIpc) is 2.95. The Bertz CT molecular complexity index is 1000. The van der Waals surface area contributed by atoms with Gasteiger partial charge in [0, 0.05) is 29.9 Å². The molecule has 2 heterocycles. The van der Waals surface area contributed by atoms with Gasteiger partial charge in [0.1, 0.15) is 12.2 Å². The van der Waals surface area contributed by atoms with Crippen LogP contribution in [0.5, 0.6) is 11.5 Å². The molecule has 5 rings (SSSR count). The number of likely N-dealkylation sites (N-methyl/N-ethyl adjacent to an activating group) is 1. The van der Waals surface area contributed by atoms with Gasteiger partial charge in [-0.1, -0.05) is 18.2 Å². The molecule has 0 radical (unpaired) electrons. The molecule has 2 bridgehead atoms. The minimum atomic E-state index is -4.66. The number of benzene rings is 1. The molecule has 9 heteroatoms. The van der Waals surface area contributed by atoms with Gasteiger partial charge < -0.3 is 14.4 Å². The van der Waals surface area contributed by atoms with Crippen molar-refractivity contribution in [1.82, 2.24) is 4.90 Å². The van der Waals surface area contributed by atoms with Crippen molar-refractivity contribution >= 4 is 16.4 Å². The minimum Gasteiger partial charge on any atom is -0.482 e. The second-order valence-electron chi connectivity index (χ2n) is 8.00.